The second-order valence-electron chi connectivity index (χ2n) is 5.21. The lowest BCUT2D eigenvalue weighted by molar-refractivity contribution is -0.387. The van der Waals surface area contributed by atoms with Crippen LogP contribution < -0.4 is 4.72 Å². The van der Waals surface area contributed by atoms with E-state index in [1.807, 2.05) is 0 Å². The molecule has 144 valence electrons. The molecule has 2 rings (SSSR count). The maximum atomic E-state index is 12.3. The Morgan fingerprint density at radius 2 is 2.04 bits per heavy atom. The van der Waals surface area contributed by atoms with Crippen LogP contribution in [-0.4, -0.2) is 32.1 Å². The van der Waals surface area contributed by atoms with Gasteiger partial charge in [-0.25, -0.2) is 8.42 Å². The van der Waals surface area contributed by atoms with Crippen LogP contribution in [0.2, 0.25) is 5.02 Å². The van der Waals surface area contributed by atoms with Gasteiger partial charge >= 0.3 is 5.97 Å². The molecule has 0 bridgehead atoms. The molecule has 0 saturated carbocycles. The monoisotopic (exact) mass is 430 g/mol. The number of benzene rings is 2. The molecule has 0 heterocycles. The highest BCUT2D eigenvalue weighted by molar-refractivity contribution is 7.98. The number of hydrogen-bond donors (Lipinski definition) is 1. The first-order valence-corrected chi connectivity index (χ1v) is 10.5. The Morgan fingerprint density at radius 3 is 2.67 bits per heavy atom. The Bertz CT molecular complexity index is 965. The van der Waals surface area contributed by atoms with Crippen LogP contribution in [0.4, 0.5) is 5.69 Å². The minimum absolute atomic E-state index is 0.0605. The zero-order valence-corrected chi connectivity index (χ0v) is 16.4. The highest BCUT2D eigenvalue weighted by atomic mass is 35.5. The number of rotatable bonds is 8. The van der Waals surface area contributed by atoms with Gasteiger partial charge in [-0.1, -0.05) is 23.7 Å². The van der Waals surface area contributed by atoms with Crippen molar-refractivity contribution in [3.8, 4) is 0 Å². The average Bonchev–Trinajstić information content (AvgIpc) is 2.64. The van der Waals surface area contributed by atoms with E-state index >= 15 is 0 Å². The van der Waals surface area contributed by atoms with E-state index < -0.39 is 27.5 Å². The molecule has 0 aliphatic heterocycles. The fourth-order valence-electron chi connectivity index (χ4n) is 2.06. The van der Waals surface area contributed by atoms with Crippen LogP contribution in [0.15, 0.2) is 52.3 Å². The standard InChI is InChI=1S/C16H15ClN2O6S2/c1-26-15-6-5-13(8-14(15)19(21)22)27(23,24)18-9-16(20)25-10-11-3-2-4-12(17)7-11/h2-8,18H,9-10H2,1H3. The Morgan fingerprint density at radius 1 is 1.30 bits per heavy atom. The van der Waals surface area contributed by atoms with Crippen LogP contribution in [0.5, 0.6) is 0 Å². The summed E-state index contributed by atoms with van der Waals surface area (Å²) in [6, 6.07) is 10.2. The highest BCUT2D eigenvalue weighted by Crippen LogP contribution is 2.29. The number of hydrogen-bond acceptors (Lipinski definition) is 7. The van der Waals surface area contributed by atoms with Gasteiger partial charge in [0.2, 0.25) is 10.0 Å². The first-order chi connectivity index (χ1) is 12.7. The first-order valence-electron chi connectivity index (χ1n) is 7.45. The molecular weight excluding hydrogens is 416 g/mol. The minimum atomic E-state index is -4.11. The number of nitrogens with zero attached hydrogens (tertiary/aromatic N) is 1. The number of nitrogens with one attached hydrogen (secondary N) is 1. The molecule has 2 aromatic carbocycles. The van der Waals surface area contributed by atoms with E-state index in [2.05, 4.69) is 4.72 Å². The van der Waals surface area contributed by atoms with E-state index in [1.54, 1.807) is 30.5 Å². The maximum absolute atomic E-state index is 12.3. The Hall–Kier alpha value is -2.14. The van der Waals surface area contributed by atoms with Gasteiger partial charge in [0, 0.05) is 11.1 Å². The number of sulfonamides is 1. The number of esters is 1. The summed E-state index contributed by atoms with van der Waals surface area (Å²) in [6.45, 7) is -0.671. The third-order valence-corrected chi connectivity index (χ3v) is 5.77. The van der Waals surface area contributed by atoms with Crippen LogP contribution in [0.25, 0.3) is 0 Å². The normalized spacial score (nSPS) is 11.2. The van der Waals surface area contributed by atoms with E-state index in [0.717, 1.165) is 17.8 Å². The second-order valence-corrected chi connectivity index (χ2v) is 8.26. The molecule has 0 amide bonds. The molecule has 27 heavy (non-hydrogen) atoms. The van der Waals surface area contributed by atoms with Gasteiger partial charge in [0.05, 0.1) is 14.7 Å². The molecule has 0 atom stereocenters. The van der Waals surface area contributed by atoms with Crippen LogP contribution in [0.3, 0.4) is 0 Å². The van der Waals surface area contributed by atoms with Crippen molar-refractivity contribution in [3.63, 3.8) is 0 Å². The van der Waals surface area contributed by atoms with Crippen molar-refractivity contribution in [1.29, 1.82) is 0 Å². The minimum Gasteiger partial charge on any atom is -0.460 e. The van der Waals surface area contributed by atoms with Gasteiger partial charge in [-0.05, 0) is 36.1 Å². The van der Waals surface area contributed by atoms with Gasteiger partial charge in [0.1, 0.15) is 13.2 Å². The highest BCUT2D eigenvalue weighted by Gasteiger charge is 2.22. The zero-order valence-electron chi connectivity index (χ0n) is 14.0. The third kappa shape index (κ3) is 5.93. The fraction of sp³-hybridized carbons (Fsp3) is 0.188. The summed E-state index contributed by atoms with van der Waals surface area (Å²) in [5.74, 6) is -0.797. The molecular formula is C16H15ClN2O6S2. The van der Waals surface area contributed by atoms with Crippen molar-refractivity contribution < 1.29 is 22.9 Å². The summed E-state index contributed by atoms with van der Waals surface area (Å²) in [5, 5.41) is 11.5. The Labute approximate surface area is 165 Å². The van der Waals surface area contributed by atoms with E-state index in [9.17, 15) is 23.3 Å². The molecule has 0 aliphatic rings. The number of carbonyl (C=O) groups excluding carboxylic acids is 1. The molecule has 0 radical (unpaired) electrons. The number of nitro benzene ring substituents is 1. The van der Waals surface area contributed by atoms with Gasteiger partial charge in [-0.15, -0.1) is 11.8 Å². The Kier molecular flexibility index (Phi) is 7.19. The lowest BCUT2D eigenvalue weighted by Crippen LogP contribution is -2.30. The zero-order chi connectivity index (χ0) is 20.0. The molecule has 0 aliphatic carbocycles. The fourth-order valence-corrected chi connectivity index (χ4v) is 3.81. The summed E-state index contributed by atoms with van der Waals surface area (Å²) >= 11 is 6.95. The molecule has 0 unspecified atom stereocenters. The predicted octanol–water partition coefficient (Wildman–Crippen LogP) is 2.99. The van der Waals surface area contributed by atoms with Crippen molar-refractivity contribution in [2.75, 3.05) is 12.8 Å². The molecule has 8 nitrogen and oxygen atoms in total. The van der Waals surface area contributed by atoms with Gasteiger partial charge < -0.3 is 4.74 Å². The maximum Gasteiger partial charge on any atom is 0.321 e. The quantitative estimate of drug-likeness (QED) is 0.296. The summed E-state index contributed by atoms with van der Waals surface area (Å²) in [7, 11) is -4.11. The SMILES string of the molecule is CSc1ccc(S(=O)(=O)NCC(=O)OCc2cccc(Cl)c2)cc1[N+](=O)[O-]. The number of halogens is 1. The molecule has 1 N–H and O–H groups in total. The van der Waals surface area contributed by atoms with Crippen molar-refractivity contribution >= 4 is 45.0 Å². The van der Waals surface area contributed by atoms with E-state index in [0.29, 0.717) is 15.5 Å². The number of nitro groups is 1. The second kappa shape index (κ2) is 9.18. The summed E-state index contributed by atoms with van der Waals surface area (Å²) in [6.07, 6.45) is 1.64. The van der Waals surface area contributed by atoms with E-state index in [4.69, 9.17) is 16.3 Å². The van der Waals surface area contributed by atoms with Gasteiger partial charge in [-0.2, -0.15) is 4.72 Å². The number of carbonyl (C=O) groups is 1. The molecule has 0 saturated heterocycles. The molecule has 0 aromatic heterocycles. The van der Waals surface area contributed by atoms with E-state index in [1.165, 1.54) is 12.1 Å². The van der Waals surface area contributed by atoms with E-state index in [-0.39, 0.29) is 17.2 Å². The molecule has 0 spiro atoms. The van der Waals surface area contributed by atoms with Crippen molar-refractivity contribution in [2.45, 2.75) is 16.4 Å². The van der Waals surface area contributed by atoms with Crippen molar-refractivity contribution in [3.05, 3.63) is 63.2 Å². The van der Waals surface area contributed by atoms with Gasteiger partial charge in [-0.3, -0.25) is 14.9 Å². The summed E-state index contributed by atoms with van der Waals surface area (Å²) in [4.78, 5) is 22.2. The number of ether oxygens (including phenoxy) is 1. The summed E-state index contributed by atoms with van der Waals surface area (Å²) in [5.41, 5.74) is 0.330. The van der Waals surface area contributed by atoms with Gasteiger partial charge in [0.25, 0.3) is 5.69 Å². The first kappa shape index (κ1) is 21.2. The average molecular weight is 431 g/mol. The predicted molar refractivity (Wildman–Crippen MR) is 101 cm³/mol. The third-order valence-electron chi connectivity index (χ3n) is 3.35. The lowest BCUT2D eigenvalue weighted by Gasteiger charge is -2.08. The topological polar surface area (TPSA) is 116 Å². The summed E-state index contributed by atoms with van der Waals surface area (Å²) < 4.78 is 31.6. The Balaban J connectivity index is 2.00. The van der Waals surface area contributed by atoms with Crippen molar-refractivity contribution in [2.24, 2.45) is 0 Å². The van der Waals surface area contributed by atoms with Crippen LogP contribution in [0, 0.1) is 10.1 Å². The largest absolute Gasteiger partial charge is 0.460 e. The number of thioether (sulfide) groups is 1. The smallest absolute Gasteiger partial charge is 0.321 e. The molecule has 0 fully saturated rings. The van der Waals surface area contributed by atoms with Crippen molar-refractivity contribution in [1.82, 2.24) is 4.72 Å². The van der Waals surface area contributed by atoms with Crippen LogP contribution >= 0.6 is 23.4 Å². The van der Waals surface area contributed by atoms with Gasteiger partial charge in [0.15, 0.2) is 0 Å². The van der Waals surface area contributed by atoms with Crippen LogP contribution in [-0.2, 0) is 26.2 Å². The molecule has 11 heteroatoms. The van der Waals surface area contributed by atoms with Crippen LogP contribution in [0.1, 0.15) is 5.56 Å². The molecule has 2 aromatic rings. The lowest BCUT2D eigenvalue weighted by atomic mass is 10.2.